The summed E-state index contributed by atoms with van der Waals surface area (Å²) in [5.41, 5.74) is 0.947. The third-order valence-corrected chi connectivity index (χ3v) is 5.57. The topological polar surface area (TPSA) is 77.0 Å². The van der Waals surface area contributed by atoms with Gasteiger partial charge in [-0.25, -0.2) is 9.97 Å². The Balaban J connectivity index is 1.23. The van der Waals surface area contributed by atoms with Gasteiger partial charge in [-0.05, 0) is 32.4 Å². The number of nitrogens with zero attached hydrogens (tertiary/aromatic N) is 4. The van der Waals surface area contributed by atoms with E-state index in [1.807, 2.05) is 17.9 Å². The van der Waals surface area contributed by atoms with Crippen molar-refractivity contribution in [3.8, 4) is 17.2 Å². The lowest BCUT2D eigenvalue weighted by molar-refractivity contribution is -0.153. The maximum absolute atomic E-state index is 13.0. The number of aryl methyl sites for hydroxylation is 1. The first-order valence-electron chi connectivity index (χ1n) is 9.50. The fourth-order valence-electron chi connectivity index (χ4n) is 4.18. The van der Waals surface area contributed by atoms with E-state index in [0.717, 1.165) is 31.0 Å². The van der Waals surface area contributed by atoms with Gasteiger partial charge >= 0.3 is 0 Å². The van der Waals surface area contributed by atoms with Crippen LogP contribution in [0.2, 0.25) is 0 Å². The lowest BCUT2D eigenvalue weighted by atomic mass is 9.86. The first-order valence-corrected chi connectivity index (χ1v) is 9.50. The van der Waals surface area contributed by atoms with E-state index in [4.69, 9.17) is 14.2 Å². The van der Waals surface area contributed by atoms with Crippen LogP contribution in [-0.2, 0) is 4.79 Å². The molecule has 4 aliphatic heterocycles. The number of anilines is 1. The summed E-state index contributed by atoms with van der Waals surface area (Å²) >= 11 is 0. The summed E-state index contributed by atoms with van der Waals surface area (Å²) < 4.78 is 16.6. The molecule has 3 saturated heterocycles. The van der Waals surface area contributed by atoms with E-state index >= 15 is 0 Å². The van der Waals surface area contributed by atoms with Gasteiger partial charge in [-0.15, -0.1) is 0 Å². The van der Waals surface area contributed by atoms with Crippen molar-refractivity contribution in [2.45, 2.75) is 38.5 Å². The highest BCUT2D eigenvalue weighted by Gasteiger charge is 2.48. The molecule has 3 atom stereocenters. The van der Waals surface area contributed by atoms with Gasteiger partial charge in [0.15, 0.2) is 17.6 Å². The zero-order valence-electron chi connectivity index (χ0n) is 15.9. The fraction of sp³-hybridized carbons (Fsp3) is 0.450. The first-order chi connectivity index (χ1) is 13.6. The van der Waals surface area contributed by atoms with Crippen LogP contribution in [-0.4, -0.2) is 58.8 Å². The van der Waals surface area contributed by atoms with E-state index in [1.165, 1.54) is 0 Å². The standard InChI is InChI=1S/C20H22N4O4/c1-12-5-19(22-10-21-12)23-8-14-6-15(9-23)24(14)20(25)13(2)28-16-3-4-17-18(7-16)27-11-26-17/h3-5,7,10,13-15H,6,8-9,11H2,1-2H3. The highest BCUT2D eigenvalue weighted by atomic mass is 16.7. The summed E-state index contributed by atoms with van der Waals surface area (Å²) in [6.45, 7) is 5.55. The van der Waals surface area contributed by atoms with E-state index in [0.29, 0.717) is 17.2 Å². The maximum atomic E-state index is 13.0. The molecule has 8 nitrogen and oxygen atoms in total. The average molecular weight is 382 g/mol. The number of piperazine rings is 1. The van der Waals surface area contributed by atoms with Crippen molar-refractivity contribution in [2.75, 3.05) is 24.8 Å². The van der Waals surface area contributed by atoms with Crippen LogP contribution >= 0.6 is 0 Å². The molecule has 0 radical (unpaired) electrons. The Morgan fingerprint density at radius 2 is 1.96 bits per heavy atom. The van der Waals surface area contributed by atoms with Crippen LogP contribution < -0.4 is 19.1 Å². The highest BCUT2D eigenvalue weighted by Crippen LogP contribution is 2.37. The van der Waals surface area contributed by atoms with Crippen LogP contribution in [0.25, 0.3) is 0 Å². The number of ether oxygens (including phenoxy) is 3. The fourth-order valence-corrected chi connectivity index (χ4v) is 4.18. The monoisotopic (exact) mass is 382 g/mol. The molecule has 5 heterocycles. The van der Waals surface area contributed by atoms with E-state index in [-0.39, 0.29) is 24.8 Å². The number of benzene rings is 1. The van der Waals surface area contributed by atoms with Crippen LogP contribution in [0.4, 0.5) is 5.82 Å². The highest BCUT2D eigenvalue weighted by molar-refractivity contribution is 5.83. The third-order valence-electron chi connectivity index (χ3n) is 5.57. The number of hydrogen-bond acceptors (Lipinski definition) is 7. The van der Waals surface area contributed by atoms with Crippen molar-refractivity contribution in [1.29, 1.82) is 0 Å². The van der Waals surface area contributed by atoms with Crippen LogP contribution in [0.5, 0.6) is 17.2 Å². The van der Waals surface area contributed by atoms with Gasteiger partial charge in [0.1, 0.15) is 17.9 Å². The Morgan fingerprint density at radius 3 is 2.75 bits per heavy atom. The number of piperidine rings is 1. The molecule has 2 aromatic rings. The summed E-state index contributed by atoms with van der Waals surface area (Å²) in [6.07, 6.45) is 2.07. The molecule has 0 spiro atoms. The van der Waals surface area contributed by atoms with Gasteiger partial charge in [0.25, 0.3) is 5.91 Å². The molecule has 1 aromatic carbocycles. The Labute approximate surface area is 163 Å². The molecule has 8 heteroatoms. The molecule has 146 valence electrons. The number of rotatable bonds is 4. The zero-order valence-corrected chi connectivity index (χ0v) is 15.9. The second-order valence-corrected chi connectivity index (χ2v) is 7.49. The smallest absolute Gasteiger partial charge is 0.263 e. The molecule has 0 N–H and O–H groups in total. The normalized spacial score (nSPS) is 23.2. The number of hydrogen-bond donors (Lipinski definition) is 0. The zero-order chi connectivity index (χ0) is 19.3. The van der Waals surface area contributed by atoms with Crippen LogP contribution in [0.3, 0.4) is 0 Å². The lowest BCUT2D eigenvalue weighted by Gasteiger charge is -2.56. The Hall–Kier alpha value is -3.03. The van der Waals surface area contributed by atoms with Gasteiger partial charge in [0.05, 0.1) is 12.1 Å². The van der Waals surface area contributed by atoms with Gasteiger partial charge < -0.3 is 24.0 Å². The van der Waals surface area contributed by atoms with E-state index < -0.39 is 6.10 Å². The Morgan fingerprint density at radius 1 is 1.18 bits per heavy atom. The number of aromatic nitrogens is 2. The molecule has 28 heavy (non-hydrogen) atoms. The van der Waals surface area contributed by atoms with Gasteiger partial charge in [-0.1, -0.05) is 0 Å². The quantitative estimate of drug-likeness (QED) is 0.798. The number of carbonyl (C=O) groups is 1. The van der Waals surface area contributed by atoms with Crippen molar-refractivity contribution >= 4 is 11.7 Å². The molecule has 2 bridgehead atoms. The number of fused-ring (bicyclic) bond motifs is 3. The summed E-state index contributed by atoms with van der Waals surface area (Å²) in [7, 11) is 0. The van der Waals surface area contributed by atoms with Crippen LogP contribution in [0.15, 0.2) is 30.6 Å². The molecule has 3 fully saturated rings. The minimum atomic E-state index is -0.557. The van der Waals surface area contributed by atoms with Gasteiger partial charge in [-0.2, -0.15) is 0 Å². The van der Waals surface area contributed by atoms with Crippen molar-refractivity contribution in [2.24, 2.45) is 0 Å². The molecular formula is C20H22N4O4. The second kappa shape index (κ2) is 6.54. The molecule has 6 rings (SSSR count). The molecule has 3 unspecified atom stereocenters. The van der Waals surface area contributed by atoms with E-state index in [2.05, 4.69) is 14.9 Å². The molecule has 4 aliphatic rings. The Bertz CT molecular complexity index is 909. The van der Waals surface area contributed by atoms with Crippen molar-refractivity contribution in [3.05, 3.63) is 36.3 Å². The van der Waals surface area contributed by atoms with Crippen molar-refractivity contribution in [3.63, 3.8) is 0 Å². The largest absolute Gasteiger partial charge is 0.481 e. The van der Waals surface area contributed by atoms with Gasteiger partial charge in [-0.3, -0.25) is 4.79 Å². The predicted octanol–water partition coefficient (Wildman–Crippen LogP) is 1.77. The summed E-state index contributed by atoms with van der Waals surface area (Å²) in [6, 6.07) is 7.75. The van der Waals surface area contributed by atoms with Gasteiger partial charge in [0, 0.05) is 30.9 Å². The van der Waals surface area contributed by atoms with E-state index in [1.54, 1.807) is 31.5 Å². The maximum Gasteiger partial charge on any atom is 0.263 e. The molecule has 1 amide bonds. The SMILES string of the molecule is Cc1cc(N2CC3CC(C2)N3C(=O)C(C)Oc2ccc3c(c2)OCO3)ncn1. The minimum absolute atomic E-state index is 0.0254. The lowest BCUT2D eigenvalue weighted by Crippen LogP contribution is -2.71. The Kier molecular flexibility index (Phi) is 3.99. The second-order valence-electron chi connectivity index (χ2n) is 7.49. The van der Waals surface area contributed by atoms with Crippen molar-refractivity contribution in [1.82, 2.24) is 14.9 Å². The summed E-state index contributed by atoms with van der Waals surface area (Å²) in [4.78, 5) is 25.7. The molecule has 0 aliphatic carbocycles. The summed E-state index contributed by atoms with van der Waals surface area (Å²) in [5, 5.41) is 0. The minimum Gasteiger partial charge on any atom is -0.481 e. The molecule has 1 aromatic heterocycles. The third kappa shape index (κ3) is 2.89. The number of carbonyl (C=O) groups excluding carboxylic acids is 1. The predicted molar refractivity (Wildman–Crippen MR) is 101 cm³/mol. The number of amides is 1. The average Bonchev–Trinajstić information content (AvgIpc) is 3.16. The van der Waals surface area contributed by atoms with Gasteiger partial charge in [0.2, 0.25) is 6.79 Å². The molecule has 0 saturated carbocycles. The van der Waals surface area contributed by atoms with Crippen molar-refractivity contribution < 1.29 is 19.0 Å². The van der Waals surface area contributed by atoms with E-state index in [9.17, 15) is 4.79 Å². The van der Waals surface area contributed by atoms with Crippen LogP contribution in [0, 0.1) is 6.92 Å². The molecular weight excluding hydrogens is 360 g/mol. The first kappa shape index (κ1) is 17.1. The summed E-state index contributed by atoms with van der Waals surface area (Å²) in [5.74, 6) is 2.91. The van der Waals surface area contributed by atoms with Crippen LogP contribution in [0.1, 0.15) is 19.0 Å².